The number of hydrogen-bond donors (Lipinski definition) is 3. The highest BCUT2D eigenvalue weighted by Crippen LogP contribution is 2.39. The van der Waals surface area contributed by atoms with Crippen molar-refractivity contribution in [1.29, 1.82) is 0 Å². The number of esters is 1. The summed E-state index contributed by atoms with van der Waals surface area (Å²) in [6.07, 6.45) is 1.65. The number of carbonyl (C=O) groups is 3. The maximum absolute atomic E-state index is 15.0. The molecule has 1 aliphatic carbocycles. The van der Waals surface area contributed by atoms with Crippen molar-refractivity contribution in [1.82, 2.24) is 15.5 Å². The van der Waals surface area contributed by atoms with Crippen molar-refractivity contribution in [3.05, 3.63) is 59.5 Å². The van der Waals surface area contributed by atoms with Crippen LogP contribution in [0.3, 0.4) is 0 Å². The Morgan fingerprint density at radius 3 is 2.38 bits per heavy atom. The minimum Gasteiger partial charge on any atom is -0.494 e. The molecule has 0 spiro atoms. The number of rotatable bonds is 8. The van der Waals surface area contributed by atoms with Crippen LogP contribution < -0.4 is 20.7 Å². The van der Waals surface area contributed by atoms with Crippen LogP contribution in [0.15, 0.2) is 42.5 Å². The lowest BCUT2D eigenvalue weighted by molar-refractivity contribution is -0.117. The first-order valence-corrected chi connectivity index (χ1v) is 12.4. The first-order valence-electron chi connectivity index (χ1n) is 12.4. The molecule has 0 atom stereocenters. The summed E-state index contributed by atoms with van der Waals surface area (Å²) >= 11 is 0. The number of anilines is 3. The van der Waals surface area contributed by atoms with Crippen LogP contribution in [0, 0.1) is 11.7 Å². The minimum atomic E-state index is -0.763. The van der Waals surface area contributed by atoms with Gasteiger partial charge in [0.1, 0.15) is 17.2 Å². The van der Waals surface area contributed by atoms with E-state index in [9.17, 15) is 18.8 Å². The number of benzene rings is 2. The van der Waals surface area contributed by atoms with E-state index in [1.54, 1.807) is 45.0 Å². The molecule has 3 N–H and O–H groups in total. The Kier molecular flexibility index (Phi) is 7.80. The van der Waals surface area contributed by atoms with Crippen LogP contribution in [0.2, 0.25) is 0 Å². The van der Waals surface area contributed by atoms with Crippen LogP contribution in [0.25, 0.3) is 11.1 Å². The first kappa shape index (κ1) is 27.5. The monoisotopic (exact) mass is 535 g/mol. The number of halogens is 1. The van der Waals surface area contributed by atoms with Crippen molar-refractivity contribution in [3.63, 3.8) is 0 Å². The maximum atomic E-state index is 15.0. The fraction of sp³-hybridized carbons (Fsp3) is 0.321. The van der Waals surface area contributed by atoms with E-state index in [1.165, 1.54) is 32.4 Å². The molecule has 39 heavy (non-hydrogen) atoms. The normalized spacial score (nSPS) is 12.9. The van der Waals surface area contributed by atoms with E-state index >= 15 is 0 Å². The summed E-state index contributed by atoms with van der Waals surface area (Å²) < 4.78 is 25.9. The van der Waals surface area contributed by atoms with Gasteiger partial charge in [0.25, 0.3) is 5.91 Å². The number of nitrogens with one attached hydrogen (secondary N) is 3. The molecular weight excluding hydrogens is 505 g/mol. The SMILES string of the molecule is CNC(=O)c1nnc(NC(=O)C2CC2)cc1Nc1cccc(-c2ccc(C(=O)OC(C)(C)C)c(F)c2)c1OC. The summed E-state index contributed by atoms with van der Waals surface area (Å²) in [5, 5.41) is 16.3. The number of aromatic nitrogens is 2. The summed E-state index contributed by atoms with van der Waals surface area (Å²) in [6.45, 7) is 5.12. The Bertz CT molecular complexity index is 1430. The molecule has 1 aromatic heterocycles. The predicted octanol–water partition coefficient (Wildman–Crippen LogP) is 4.70. The Hall–Kier alpha value is -4.54. The molecule has 2 amide bonds. The zero-order chi connectivity index (χ0) is 28.3. The summed E-state index contributed by atoms with van der Waals surface area (Å²) in [7, 11) is 2.93. The van der Waals surface area contributed by atoms with Crippen LogP contribution in [0.5, 0.6) is 5.75 Å². The number of para-hydroxylation sites is 1. The smallest absolute Gasteiger partial charge is 0.341 e. The van der Waals surface area contributed by atoms with Gasteiger partial charge in [-0.15, -0.1) is 10.2 Å². The zero-order valence-corrected chi connectivity index (χ0v) is 22.3. The lowest BCUT2D eigenvalue weighted by Gasteiger charge is -2.20. The van der Waals surface area contributed by atoms with E-state index in [4.69, 9.17) is 9.47 Å². The molecule has 2 aromatic carbocycles. The highest BCUT2D eigenvalue weighted by atomic mass is 19.1. The van der Waals surface area contributed by atoms with Gasteiger partial charge in [-0.2, -0.15) is 0 Å². The molecule has 0 bridgehead atoms. The molecule has 0 unspecified atom stereocenters. The molecule has 1 fully saturated rings. The highest BCUT2D eigenvalue weighted by molar-refractivity contribution is 6.00. The number of methoxy groups -OCH3 is 1. The van der Waals surface area contributed by atoms with Crippen LogP contribution in [0.1, 0.15) is 54.5 Å². The first-order chi connectivity index (χ1) is 18.5. The Balaban J connectivity index is 1.68. The average Bonchev–Trinajstić information content (AvgIpc) is 3.73. The maximum Gasteiger partial charge on any atom is 0.341 e. The van der Waals surface area contributed by atoms with Gasteiger partial charge in [0, 0.05) is 24.6 Å². The topological polar surface area (TPSA) is 132 Å². The number of nitrogens with zero attached hydrogens (tertiary/aromatic N) is 2. The number of ether oxygens (including phenoxy) is 2. The molecule has 0 radical (unpaired) electrons. The van der Waals surface area contributed by atoms with Gasteiger partial charge in [0.15, 0.2) is 11.5 Å². The number of hydrogen-bond acceptors (Lipinski definition) is 8. The van der Waals surface area contributed by atoms with Crippen molar-refractivity contribution < 1.29 is 28.2 Å². The molecule has 3 aromatic rings. The van der Waals surface area contributed by atoms with Crippen LogP contribution in [-0.4, -0.2) is 47.7 Å². The fourth-order valence-corrected chi connectivity index (χ4v) is 3.82. The third kappa shape index (κ3) is 6.49. The average molecular weight is 536 g/mol. The molecule has 1 aliphatic rings. The van der Waals surface area contributed by atoms with Crippen molar-refractivity contribution in [2.45, 2.75) is 39.2 Å². The van der Waals surface area contributed by atoms with E-state index in [0.29, 0.717) is 22.6 Å². The van der Waals surface area contributed by atoms with Gasteiger partial charge >= 0.3 is 5.97 Å². The minimum absolute atomic E-state index is 0.00198. The lowest BCUT2D eigenvalue weighted by atomic mass is 10.0. The second-order valence-corrected chi connectivity index (χ2v) is 10.0. The van der Waals surface area contributed by atoms with Crippen molar-refractivity contribution >= 4 is 35.0 Å². The summed E-state index contributed by atoms with van der Waals surface area (Å²) in [5.74, 6) is -1.63. The van der Waals surface area contributed by atoms with Crippen LogP contribution in [-0.2, 0) is 9.53 Å². The summed E-state index contributed by atoms with van der Waals surface area (Å²) in [5.41, 5.74) is 0.769. The van der Waals surface area contributed by atoms with Crippen LogP contribution >= 0.6 is 0 Å². The van der Waals surface area contributed by atoms with Gasteiger partial charge in [0.2, 0.25) is 5.91 Å². The Labute approximate surface area is 225 Å². The number of amides is 2. The molecule has 0 saturated heterocycles. The second kappa shape index (κ2) is 11.1. The number of carbonyl (C=O) groups excluding carboxylic acids is 3. The van der Waals surface area contributed by atoms with E-state index in [0.717, 1.165) is 12.8 Å². The third-order valence-corrected chi connectivity index (χ3v) is 5.82. The molecule has 1 saturated carbocycles. The standard InChI is InChI=1S/C28H30FN5O5/c1-28(2,3)39-27(37)18-12-11-16(13-19(18)29)17-7-6-8-20(24(17)38-5)31-21-14-22(32-25(35)15-9-10-15)33-34-23(21)26(36)30-4/h6-8,11-15H,9-10H2,1-5H3,(H,30,36)(H2,31,32,33,35). The van der Waals surface area contributed by atoms with Gasteiger partial charge in [-0.3, -0.25) is 9.59 Å². The van der Waals surface area contributed by atoms with E-state index < -0.39 is 23.3 Å². The zero-order valence-electron chi connectivity index (χ0n) is 22.3. The second-order valence-electron chi connectivity index (χ2n) is 10.0. The van der Waals surface area contributed by atoms with Gasteiger partial charge in [-0.05, 0) is 57.4 Å². The van der Waals surface area contributed by atoms with E-state index in [-0.39, 0.29) is 34.6 Å². The predicted molar refractivity (Wildman–Crippen MR) is 144 cm³/mol. The van der Waals surface area contributed by atoms with E-state index in [2.05, 4.69) is 26.1 Å². The molecule has 1 heterocycles. The lowest BCUT2D eigenvalue weighted by Crippen LogP contribution is -2.24. The Morgan fingerprint density at radius 1 is 1.03 bits per heavy atom. The fourth-order valence-electron chi connectivity index (χ4n) is 3.82. The molecule has 11 heteroatoms. The molecule has 4 rings (SSSR count). The highest BCUT2D eigenvalue weighted by Gasteiger charge is 2.30. The van der Waals surface area contributed by atoms with Gasteiger partial charge in [-0.1, -0.05) is 18.2 Å². The van der Waals surface area contributed by atoms with Gasteiger partial charge in [-0.25, -0.2) is 9.18 Å². The van der Waals surface area contributed by atoms with Crippen molar-refractivity contribution in [2.24, 2.45) is 5.92 Å². The molecule has 0 aliphatic heterocycles. The van der Waals surface area contributed by atoms with E-state index in [1.807, 2.05) is 0 Å². The largest absolute Gasteiger partial charge is 0.494 e. The van der Waals surface area contributed by atoms with Crippen molar-refractivity contribution in [3.8, 4) is 16.9 Å². The van der Waals surface area contributed by atoms with Crippen LogP contribution in [0.4, 0.5) is 21.6 Å². The molecule has 10 nitrogen and oxygen atoms in total. The molecule has 204 valence electrons. The van der Waals surface area contributed by atoms with Crippen molar-refractivity contribution in [2.75, 3.05) is 24.8 Å². The summed E-state index contributed by atoms with van der Waals surface area (Å²) in [6, 6.07) is 10.9. The molecular formula is C28H30FN5O5. The van der Waals surface area contributed by atoms with Gasteiger partial charge < -0.3 is 25.4 Å². The third-order valence-electron chi connectivity index (χ3n) is 5.82. The quantitative estimate of drug-likeness (QED) is 0.354. The van der Waals surface area contributed by atoms with Gasteiger partial charge in [0.05, 0.1) is 24.0 Å². The summed E-state index contributed by atoms with van der Waals surface area (Å²) in [4.78, 5) is 37.1. The Morgan fingerprint density at radius 2 is 1.77 bits per heavy atom.